The SMILES string of the molecule is CN(C(=O)CN1CCCC1CCCO)C1(C#N)CCCCC1. The third kappa shape index (κ3) is 3.80. The Morgan fingerprint density at radius 2 is 2.09 bits per heavy atom. The van der Waals surface area contributed by atoms with Crippen molar-refractivity contribution in [3.63, 3.8) is 0 Å². The summed E-state index contributed by atoms with van der Waals surface area (Å²) in [5.41, 5.74) is -0.588. The molecule has 22 heavy (non-hydrogen) atoms. The fraction of sp³-hybridized carbons (Fsp3) is 0.882. The Kier molecular flexibility index (Phi) is 6.22. The van der Waals surface area contributed by atoms with Gasteiger partial charge in [0.1, 0.15) is 5.54 Å². The van der Waals surface area contributed by atoms with Crippen molar-refractivity contribution >= 4 is 5.91 Å². The largest absolute Gasteiger partial charge is 0.396 e. The Balaban J connectivity index is 1.94. The molecule has 1 N–H and O–H groups in total. The number of hydrogen-bond acceptors (Lipinski definition) is 4. The highest BCUT2D eigenvalue weighted by atomic mass is 16.3. The molecule has 0 aromatic rings. The summed E-state index contributed by atoms with van der Waals surface area (Å²) in [5.74, 6) is 0.0688. The van der Waals surface area contributed by atoms with E-state index in [0.717, 1.165) is 57.9 Å². The standard InChI is InChI=1S/C17H29N3O2/c1-19(17(14-18)9-3-2-4-10-17)16(22)13-20-11-5-7-15(20)8-6-12-21/h15,21H,2-13H2,1H3. The molecule has 2 fully saturated rings. The van der Waals surface area contributed by atoms with Gasteiger partial charge in [-0.25, -0.2) is 0 Å². The molecule has 2 rings (SSSR count). The van der Waals surface area contributed by atoms with Crippen LogP contribution in [-0.2, 0) is 4.79 Å². The van der Waals surface area contributed by atoms with Crippen molar-refractivity contribution in [3.8, 4) is 6.07 Å². The highest BCUT2D eigenvalue weighted by molar-refractivity contribution is 5.79. The number of carbonyl (C=O) groups excluding carboxylic acids is 1. The number of aliphatic hydroxyl groups is 1. The van der Waals surface area contributed by atoms with Gasteiger partial charge in [-0.15, -0.1) is 0 Å². The zero-order chi connectivity index (χ0) is 16.0. The molecular formula is C17H29N3O2. The summed E-state index contributed by atoms with van der Waals surface area (Å²) in [4.78, 5) is 16.6. The first-order valence-electron chi connectivity index (χ1n) is 8.66. The van der Waals surface area contributed by atoms with E-state index in [1.54, 1.807) is 11.9 Å². The van der Waals surface area contributed by atoms with Gasteiger partial charge in [-0.1, -0.05) is 19.3 Å². The molecule has 1 aliphatic heterocycles. The third-order valence-electron chi connectivity index (χ3n) is 5.44. The van der Waals surface area contributed by atoms with Gasteiger partial charge in [0.15, 0.2) is 0 Å². The minimum Gasteiger partial charge on any atom is -0.396 e. The quantitative estimate of drug-likeness (QED) is 0.814. The van der Waals surface area contributed by atoms with E-state index in [9.17, 15) is 10.1 Å². The number of likely N-dealkylation sites (tertiary alicyclic amines) is 1. The van der Waals surface area contributed by atoms with Gasteiger partial charge in [0.05, 0.1) is 12.6 Å². The third-order valence-corrected chi connectivity index (χ3v) is 5.44. The molecule has 1 heterocycles. The van der Waals surface area contributed by atoms with E-state index in [0.29, 0.717) is 12.6 Å². The summed E-state index contributed by atoms with van der Waals surface area (Å²) in [5, 5.41) is 18.6. The Bertz CT molecular complexity index is 413. The van der Waals surface area contributed by atoms with Crippen molar-refractivity contribution in [1.82, 2.24) is 9.80 Å². The minimum absolute atomic E-state index is 0.0688. The van der Waals surface area contributed by atoms with Crippen LogP contribution < -0.4 is 0 Å². The first-order valence-corrected chi connectivity index (χ1v) is 8.66. The maximum atomic E-state index is 12.7. The van der Waals surface area contributed by atoms with Gasteiger partial charge in [0.25, 0.3) is 0 Å². The Hall–Kier alpha value is -1.12. The van der Waals surface area contributed by atoms with Crippen molar-refractivity contribution in [3.05, 3.63) is 0 Å². The fourth-order valence-corrected chi connectivity index (χ4v) is 3.93. The fourth-order valence-electron chi connectivity index (χ4n) is 3.93. The van der Waals surface area contributed by atoms with Crippen molar-refractivity contribution < 1.29 is 9.90 Å². The first kappa shape index (κ1) is 17.2. The molecular weight excluding hydrogens is 278 g/mol. The van der Waals surface area contributed by atoms with Gasteiger partial charge in [-0.2, -0.15) is 5.26 Å². The van der Waals surface area contributed by atoms with E-state index >= 15 is 0 Å². The molecule has 0 aromatic heterocycles. The van der Waals surface area contributed by atoms with E-state index < -0.39 is 5.54 Å². The molecule has 0 radical (unpaired) electrons. The van der Waals surface area contributed by atoms with Crippen LogP contribution in [0.4, 0.5) is 0 Å². The lowest BCUT2D eigenvalue weighted by Gasteiger charge is -2.40. The maximum absolute atomic E-state index is 12.7. The molecule has 124 valence electrons. The molecule has 2 aliphatic rings. The van der Waals surface area contributed by atoms with Gasteiger partial charge < -0.3 is 10.0 Å². The summed E-state index contributed by atoms with van der Waals surface area (Å²) in [6.07, 6.45) is 8.84. The highest BCUT2D eigenvalue weighted by Gasteiger charge is 2.39. The summed E-state index contributed by atoms with van der Waals surface area (Å²) in [7, 11) is 1.80. The molecule has 1 amide bonds. The van der Waals surface area contributed by atoms with Crippen molar-refractivity contribution in [2.45, 2.75) is 69.4 Å². The minimum atomic E-state index is -0.588. The van der Waals surface area contributed by atoms with Crippen LogP contribution in [0.1, 0.15) is 57.8 Å². The van der Waals surface area contributed by atoms with Crippen LogP contribution in [0.15, 0.2) is 0 Å². The van der Waals surface area contributed by atoms with E-state index in [-0.39, 0.29) is 12.5 Å². The summed E-state index contributed by atoms with van der Waals surface area (Å²) < 4.78 is 0. The molecule has 0 aromatic carbocycles. The van der Waals surface area contributed by atoms with Crippen LogP contribution in [0, 0.1) is 11.3 Å². The smallest absolute Gasteiger partial charge is 0.237 e. The van der Waals surface area contributed by atoms with Crippen molar-refractivity contribution in [1.29, 1.82) is 5.26 Å². The van der Waals surface area contributed by atoms with Crippen LogP contribution in [-0.4, -0.2) is 59.1 Å². The number of carbonyl (C=O) groups is 1. The molecule has 1 saturated carbocycles. The maximum Gasteiger partial charge on any atom is 0.237 e. The van der Waals surface area contributed by atoms with E-state index in [4.69, 9.17) is 5.11 Å². The Morgan fingerprint density at radius 1 is 1.36 bits per heavy atom. The second-order valence-electron chi connectivity index (χ2n) is 6.79. The Labute approximate surface area is 133 Å². The lowest BCUT2D eigenvalue weighted by molar-refractivity contribution is -0.136. The molecule has 5 nitrogen and oxygen atoms in total. The number of nitriles is 1. The monoisotopic (exact) mass is 307 g/mol. The van der Waals surface area contributed by atoms with Gasteiger partial charge in [-0.3, -0.25) is 9.69 Å². The summed E-state index contributed by atoms with van der Waals surface area (Å²) in [6, 6.07) is 2.83. The molecule has 0 spiro atoms. The number of hydrogen-bond donors (Lipinski definition) is 1. The van der Waals surface area contributed by atoms with Gasteiger partial charge in [0.2, 0.25) is 5.91 Å². The molecule has 1 saturated heterocycles. The number of nitrogens with zero attached hydrogens (tertiary/aromatic N) is 3. The zero-order valence-corrected chi connectivity index (χ0v) is 13.8. The predicted molar refractivity (Wildman–Crippen MR) is 85.1 cm³/mol. The number of likely N-dealkylation sites (N-methyl/N-ethyl adjacent to an activating group) is 1. The van der Waals surface area contributed by atoms with Crippen molar-refractivity contribution in [2.24, 2.45) is 0 Å². The number of aliphatic hydroxyl groups excluding tert-OH is 1. The molecule has 0 bridgehead atoms. The van der Waals surface area contributed by atoms with Crippen LogP contribution >= 0.6 is 0 Å². The molecule has 1 aliphatic carbocycles. The topological polar surface area (TPSA) is 67.6 Å². The molecule has 5 heteroatoms. The van der Waals surface area contributed by atoms with E-state index in [2.05, 4.69) is 11.0 Å². The van der Waals surface area contributed by atoms with Crippen LogP contribution in [0.2, 0.25) is 0 Å². The number of amides is 1. The predicted octanol–water partition coefficient (Wildman–Crippen LogP) is 1.91. The number of rotatable bonds is 6. The van der Waals surface area contributed by atoms with Crippen LogP contribution in [0.5, 0.6) is 0 Å². The van der Waals surface area contributed by atoms with Crippen LogP contribution in [0.25, 0.3) is 0 Å². The zero-order valence-electron chi connectivity index (χ0n) is 13.8. The normalized spacial score (nSPS) is 24.9. The summed E-state index contributed by atoms with van der Waals surface area (Å²) >= 11 is 0. The Morgan fingerprint density at radius 3 is 2.73 bits per heavy atom. The molecule has 1 atom stereocenters. The lowest BCUT2D eigenvalue weighted by atomic mass is 9.81. The lowest BCUT2D eigenvalue weighted by Crippen LogP contribution is -2.53. The van der Waals surface area contributed by atoms with E-state index in [1.165, 1.54) is 6.42 Å². The first-order chi connectivity index (χ1) is 10.6. The average molecular weight is 307 g/mol. The van der Waals surface area contributed by atoms with Gasteiger partial charge >= 0.3 is 0 Å². The van der Waals surface area contributed by atoms with Crippen LogP contribution in [0.3, 0.4) is 0 Å². The summed E-state index contributed by atoms with van der Waals surface area (Å²) in [6.45, 7) is 1.58. The second-order valence-corrected chi connectivity index (χ2v) is 6.79. The average Bonchev–Trinajstić information content (AvgIpc) is 2.99. The second kappa shape index (κ2) is 7.94. The van der Waals surface area contributed by atoms with E-state index in [1.807, 2.05) is 0 Å². The molecule has 1 unspecified atom stereocenters. The van der Waals surface area contributed by atoms with Crippen molar-refractivity contribution in [2.75, 3.05) is 26.7 Å². The highest BCUT2D eigenvalue weighted by Crippen LogP contribution is 2.32. The van der Waals surface area contributed by atoms with Gasteiger partial charge in [-0.05, 0) is 45.1 Å². The van der Waals surface area contributed by atoms with Gasteiger partial charge in [0, 0.05) is 19.7 Å².